The van der Waals surface area contributed by atoms with Crippen LogP contribution in [-0.2, 0) is 11.3 Å². The van der Waals surface area contributed by atoms with E-state index < -0.39 is 0 Å². The number of hydrogen-bond donors (Lipinski definition) is 3. The van der Waals surface area contributed by atoms with Gasteiger partial charge in [0.1, 0.15) is 11.5 Å². The monoisotopic (exact) mass is 541 g/mol. The van der Waals surface area contributed by atoms with Gasteiger partial charge < -0.3 is 24.8 Å². The number of phenols is 2. The highest BCUT2D eigenvalue weighted by Crippen LogP contribution is 2.44. The molecule has 1 amide bonds. The lowest BCUT2D eigenvalue weighted by molar-refractivity contribution is 0.0342. The number of rotatable bonds is 8. The van der Waals surface area contributed by atoms with Crippen molar-refractivity contribution in [2.24, 2.45) is 0 Å². The van der Waals surface area contributed by atoms with Gasteiger partial charge in [0.05, 0.1) is 24.3 Å². The fourth-order valence-electron chi connectivity index (χ4n) is 4.99. The Bertz CT molecular complexity index is 1490. The lowest BCUT2D eigenvalue weighted by Gasteiger charge is -2.26. The number of ether oxygens (including phenoxy) is 1. The van der Waals surface area contributed by atoms with Gasteiger partial charge in [-0.15, -0.1) is 0 Å². The summed E-state index contributed by atoms with van der Waals surface area (Å²) >= 11 is 0. The fraction of sp³-hybridized carbons (Fsp3) is 0.312. The van der Waals surface area contributed by atoms with Crippen LogP contribution < -0.4 is 5.32 Å². The minimum Gasteiger partial charge on any atom is -0.507 e. The Kier molecular flexibility index (Phi) is 8.19. The van der Waals surface area contributed by atoms with Gasteiger partial charge >= 0.3 is 0 Å². The number of nitrogens with zero attached hydrogens (tertiary/aromatic N) is 2. The van der Waals surface area contributed by atoms with Crippen molar-refractivity contribution in [1.82, 2.24) is 15.4 Å². The van der Waals surface area contributed by atoms with Crippen molar-refractivity contribution in [3.8, 4) is 45.1 Å². The number of amides is 1. The number of hydrogen-bond acceptors (Lipinski definition) is 7. The summed E-state index contributed by atoms with van der Waals surface area (Å²) in [6.45, 7) is 10.5. The zero-order valence-electron chi connectivity index (χ0n) is 23.1. The molecule has 1 aliphatic rings. The highest BCUT2D eigenvalue weighted by molar-refractivity contribution is 6.03. The first kappa shape index (κ1) is 27.4. The van der Waals surface area contributed by atoms with Crippen LogP contribution in [-0.4, -0.2) is 59.0 Å². The Morgan fingerprint density at radius 2 is 1.70 bits per heavy atom. The van der Waals surface area contributed by atoms with E-state index in [9.17, 15) is 15.0 Å². The molecule has 0 atom stereocenters. The first-order valence-corrected chi connectivity index (χ1v) is 13.7. The number of benzene rings is 3. The molecule has 1 aliphatic heterocycles. The Morgan fingerprint density at radius 3 is 2.40 bits per heavy atom. The van der Waals surface area contributed by atoms with Crippen LogP contribution in [0.3, 0.4) is 0 Å². The van der Waals surface area contributed by atoms with E-state index in [1.165, 1.54) is 6.07 Å². The molecule has 3 N–H and O–H groups in total. The second-order valence-electron chi connectivity index (χ2n) is 10.3. The summed E-state index contributed by atoms with van der Waals surface area (Å²) in [5, 5.41) is 28.6. The van der Waals surface area contributed by atoms with Crippen LogP contribution in [0.5, 0.6) is 11.5 Å². The van der Waals surface area contributed by atoms with Crippen molar-refractivity contribution < 1.29 is 24.3 Å². The molecule has 0 bridgehead atoms. The number of carbonyl (C=O) groups excluding carboxylic acids is 1. The van der Waals surface area contributed by atoms with Crippen LogP contribution in [0.15, 0.2) is 65.2 Å². The van der Waals surface area contributed by atoms with Gasteiger partial charge in [-0.25, -0.2) is 0 Å². The Hall–Kier alpha value is -4.14. The van der Waals surface area contributed by atoms with Crippen molar-refractivity contribution >= 4 is 5.91 Å². The van der Waals surface area contributed by atoms with Gasteiger partial charge in [-0.1, -0.05) is 67.5 Å². The van der Waals surface area contributed by atoms with Gasteiger partial charge in [-0.2, -0.15) is 0 Å². The molecule has 0 unspecified atom stereocenters. The molecule has 1 fully saturated rings. The van der Waals surface area contributed by atoms with Gasteiger partial charge in [0.15, 0.2) is 11.5 Å². The number of morpholine rings is 1. The van der Waals surface area contributed by atoms with E-state index in [-0.39, 0.29) is 28.9 Å². The van der Waals surface area contributed by atoms with Crippen molar-refractivity contribution in [3.05, 3.63) is 77.5 Å². The zero-order valence-corrected chi connectivity index (χ0v) is 23.1. The van der Waals surface area contributed by atoms with E-state index in [1.54, 1.807) is 6.07 Å². The van der Waals surface area contributed by atoms with Crippen LogP contribution in [0.4, 0.5) is 0 Å². The minimum atomic E-state index is -0.368. The number of aromatic hydroxyl groups is 2. The van der Waals surface area contributed by atoms with Crippen LogP contribution in [0.25, 0.3) is 33.6 Å². The number of phenolic OH excluding ortho intramolecular Hbond substituents is 2. The number of carbonyl (C=O) groups is 1. The van der Waals surface area contributed by atoms with Crippen LogP contribution in [0.2, 0.25) is 0 Å². The number of nitrogens with one attached hydrogen (secondary N) is 1. The Labute approximate surface area is 234 Å². The standard InChI is InChI=1S/C32H35N3O5/c1-4-33-32(38)30-29(22-10-8-21(9-11-22)19-35-12-14-39-15-13-35)31(40-34-30)26-17-25(27(36)18-28(26)37)24-7-5-6-23(16-24)20(2)3/h5-11,16-18,20,36-37H,4,12-15,19H2,1-3H3,(H,33,38). The maximum Gasteiger partial charge on any atom is 0.274 e. The average molecular weight is 542 g/mol. The van der Waals surface area contributed by atoms with Crippen molar-refractivity contribution in [3.63, 3.8) is 0 Å². The molecule has 40 heavy (non-hydrogen) atoms. The Balaban J connectivity index is 1.58. The zero-order chi connectivity index (χ0) is 28.2. The van der Waals surface area contributed by atoms with Gasteiger partial charge in [-0.05, 0) is 41.2 Å². The minimum absolute atomic E-state index is 0.0559. The third-order valence-corrected chi connectivity index (χ3v) is 7.22. The third kappa shape index (κ3) is 5.73. The van der Waals surface area contributed by atoms with E-state index in [0.717, 1.165) is 55.1 Å². The third-order valence-electron chi connectivity index (χ3n) is 7.22. The van der Waals surface area contributed by atoms with Gasteiger partial charge in [0, 0.05) is 37.8 Å². The smallest absolute Gasteiger partial charge is 0.274 e. The molecule has 1 saturated heterocycles. The first-order chi connectivity index (χ1) is 19.4. The second kappa shape index (κ2) is 11.9. The molecule has 2 heterocycles. The quantitative estimate of drug-likeness (QED) is 0.259. The second-order valence-corrected chi connectivity index (χ2v) is 10.3. The van der Waals surface area contributed by atoms with Gasteiger partial charge in [-0.3, -0.25) is 9.69 Å². The van der Waals surface area contributed by atoms with Crippen molar-refractivity contribution in [2.75, 3.05) is 32.8 Å². The van der Waals surface area contributed by atoms with Crippen molar-refractivity contribution in [1.29, 1.82) is 0 Å². The van der Waals surface area contributed by atoms with Gasteiger partial charge in [0.25, 0.3) is 5.91 Å². The highest BCUT2D eigenvalue weighted by Gasteiger charge is 2.27. The van der Waals surface area contributed by atoms with Crippen LogP contribution >= 0.6 is 0 Å². The largest absolute Gasteiger partial charge is 0.507 e. The van der Waals surface area contributed by atoms with E-state index >= 15 is 0 Å². The predicted molar refractivity (Wildman–Crippen MR) is 154 cm³/mol. The molecule has 0 spiro atoms. The van der Waals surface area contributed by atoms with E-state index in [2.05, 4.69) is 29.2 Å². The molecule has 8 nitrogen and oxygen atoms in total. The predicted octanol–water partition coefficient (Wildman–Crippen LogP) is 5.79. The molecule has 1 aromatic heterocycles. The maximum atomic E-state index is 13.0. The summed E-state index contributed by atoms with van der Waals surface area (Å²) in [5.41, 5.74) is 5.30. The van der Waals surface area contributed by atoms with E-state index in [4.69, 9.17) is 9.26 Å². The molecule has 3 aromatic carbocycles. The summed E-state index contributed by atoms with van der Waals surface area (Å²) in [4.78, 5) is 15.3. The van der Waals surface area contributed by atoms with Crippen LogP contribution in [0.1, 0.15) is 48.3 Å². The van der Waals surface area contributed by atoms with Gasteiger partial charge in [0.2, 0.25) is 0 Å². The molecular formula is C32H35N3O5. The topological polar surface area (TPSA) is 108 Å². The SMILES string of the molecule is CCNC(=O)c1noc(-c2cc(-c3cccc(C(C)C)c3)c(O)cc2O)c1-c1ccc(CN2CCOCC2)cc1. The summed E-state index contributed by atoms with van der Waals surface area (Å²) < 4.78 is 11.2. The van der Waals surface area contributed by atoms with Crippen LogP contribution in [0, 0.1) is 0 Å². The first-order valence-electron chi connectivity index (χ1n) is 13.7. The molecule has 208 valence electrons. The van der Waals surface area contributed by atoms with E-state index in [0.29, 0.717) is 29.2 Å². The average Bonchev–Trinajstić information content (AvgIpc) is 3.39. The molecule has 0 saturated carbocycles. The molecule has 5 rings (SSSR count). The molecule has 4 aromatic rings. The molecular weight excluding hydrogens is 506 g/mol. The number of aromatic nitrogens is 1. The van der Waals surface area contributed by atoms with E-state index in [1.807, 2.05) is 55.5 Å². The lowest BCUT2D eigenvalue weighted by atomic mass is 9.93. The molecule has 8 heteroatoms. The maximum absolute atomic E-state index is 13.0. The highest BCUT2D eigenvalue weighted by atomic mass is 16.5. The summed E-state index contributed by atoms with van der Waals surface area (Å²) in [6.07, 6.45) is 0. The normalized spacial score (nSPS) is 14.0. The Morgan fingerprint density at radius 1 is 0.975 bits per heavy atom. The fourth-order valence-corrected chi connectivity index (χ4v) is 4.99. The summed E-state index contributed by atoms with van der Waals surface area (Å²) in [7, 11) is 0. The molecule has 0 aliphatic carbocycles. The molecule has 0 radical (unpaired) electrons. The lowest BCUT2D eigenvalue weighted by Crippen LogP contribution is -2.35. The van der Waals surface area contributed by atoms with Crippen molar-refractivity contribution in [2.45, 2.75) is 33.2 Å². The summed E-state index contributed by atoms with van der Waals surface area (Å²) in [5.74, 6) is -0.0379. The summed E-state index contributed by atoms with van der Waals surface area (Å²) in [6, 6.07) is 18.9.